The van der Waals surface area contributed by atoms with Gasteiger partial charge in [0, 0.05) is 12.1 Å². The molecule has 1 aromatic heterocycles. The van der Waals surface area contributed by atoms with Crippen LogP contribution in [0, 0.1) is 0 Å². The molecule has 7 nitrogen and oxygen atoms in total. The molecule has 5 rings (SSSR count). The van der Waals surface area contributed by atoms with Crippen molar-refractivity contribution in [3.8, 4) is 17.2 Å². The third-order valence-corrected chi connectivity index (χ3v) is 8.42. The molecule has 0 bridgehead atoms. The molecule has 232 valence electrons. The maximum Gasteiger partial charge on any atom is 0.266 e. The number of aryl methyl sites for hydroxylation is 2. The first-order valence-corrected chi connectivity index (χ1v) is 15.6. The summed E-state index contributed by atoms with van der Waals surface area (Å²) in [6.45, 7) is 6.64. The number of hydrogen-bond acceptors (Lipinski definition) is 5. The van der Waals surface area contributed by atoms with Gasteiger partial charge in [0.1, 0.15) is 5.82 Å². The van der Waals surface area contributed by atoms with Gasteiger partial charge < -0.3 is 14.4 Å². The van der Waals surface area contributed by atoms with Crippen molar-refractivity contribution in [3.05, 3.63) is 129 Å². The first-order valence-electron chi connectivity index (χ1n) is 15.6. The largest absolute Gasteiger partial charge is 0.493 e. The second kappa shape index (κ2) is 14.2. The molecular formula is C38H41N3O4. The van der Waals surface area contributed by atoms with Crippen LogP contribution in [-0.2, 0) is 19.3 Å². The lowest BCUT2D eigenvalue weighted by Crippen LogP contribution is -2.39. The highest BCUT2D eigenvalue weighted by molar-refractivity contribution is 5.94. The molecule has 0 saturated carbocycles. The molecule has 0 spiro atoms. The molecule has 0 aliphatic carbocycles. The number of rotatable bonds is 12. The number of ether oxygens (including phenoxy) is 2. The van der Waals surface area contributed by atoms with E-state index in [9.17, 15) is 9.59 Å². The lowest BCUT2D eigenvalue weighted by molar-refractivity contribution is 0.0661. The van der Waals surface area contributed by atoms with Crippen LogP contribution in [0.3, 0.4) is 0 Å². The SMILES string of the molecule is CCc1ccc(C(=O)N(CCc2ccc(OC)c(OC)c2)C(CC)c2nc3ccccc3c(=O)n2-c2ccc(CC)cc2)cc1. The quantitative estimate of drug-likeness (QED) is 0.149. The second-order valence-electron chi connectivity index (χ2n) is 11.1. The lowest BCUT2D eigenvalue weighted by Gasteiger charge is -2.33. The Morgan fingerprint density at radius 3 is 2.04 bits per heavy atom. The van der Waals surface area contributed by atoms with E-state index in [1.54, 1.807) is 18.8 Å². The van der Waals surface area contributed by atoms with Crippen molar-refractivity contribution in [1.82, 2.24) is 14.5 Å². The summed E-state index contributed by atoms with van der Waals surface area (Å²) >= 11 is 0. The molecule has 1 atom stereocenters. The molecule has 0 aliphatic rings. The van der Waals surface area contributed by atoms with Gasteiger partial charge in [-0.1, -0.05) is 63.2 Å². The molecule has 0 fully saturated rings. The molecule has 0 aliphatic heterocycles. The summed E-state index contributed by atoms with van der Waals surface area (Å²) in [5.41, 5.74) is 5.12. The average Bonchev–Trinajstić information content (AvgIpc) is 3.09. The van der Waals surface area contributed by atoms with E-state index in [0.717, 1.165) is 29.7 Å². The third kappa shape index (κ3) is 6.63. The van der Waals surface area contributed by atoms with Crippen molar-refractivity contribution < 1.29 is 14.3 Å². The Hall–Kier alpha value is -4.91. The number of benzene rings is 4. The fourth-order valence-electron chi connectivity index (χ4n) is 5.78. The zero-order valence-electron chi connectivity index (χ0n) is 26.7. The minimum atomic E-state index is -0.480. The van der Waals surface area contributed by atoms with Crippen molar-refractivity contribution in [2.75, 3.05) is 20.8 Å². The number of amides is 1. The molecule has 7 heteroatoms. The van der Waals surface area contributed by atoms with Crippen LogP contribution in [-0.4, -0.2) is 41.1 Å². The Kier molecular flexibility index (Phi) is 9.98. The molecule has 1 heterocycles. The predicted octanol–water partition coefficient (Wildman–Crippen LogP) is 7.36. The summed E-state index contributed by atoms with van der Waals surface area (Å²) in [6.07, 6.45) is 2.91. The van der Waals surface area contributed by atoms with Crippen molar-refractivity contribution in [2.24, 2.45) is 0 Å². The molecule has 0 radical (unpaired) electrons. The van der Waals surface area contributed by atoms with Gasteiger partial charge in [-0.05, 0) is 90.9 Å². The minimum Gasteiger partial charge on any atom is -0.493 e. The predicted molar refractivity (Wildman–Crippen MR) is 180 cm³/mol. The van der Waals surface area contributed by atoms with E-state index >= 15 is 0 Å². The van der Waals surface area contributed by atoms with Gasteiger partial charge in [-0.2, -0.15) is 0 Å². The molecule has 45 heavy (non-hydrogen) atoms. The normalized spacial score (nSPS) is 11.8. The van der Waals surface area contributed by atoms with Gasteiger partial charge in [-0.25, -0.2) is 4.98 Å². The fraction of sp³-hybridized carbons (Fsp3) is 0.289. The van der Waals surface area contributed by atoms with Crippen molar-refractivity contribution in [1.29, 1.82) is 0 Å². The van der Waals surface area contributed by atoms with Gasteiger partial charge in [0.15, 0.2) is 11.5 Å². The van der Waals surface area contributed by atoms with Gasteiger partial charge in [0.05, 0.1) is 36.9 Å². The Labute approximate surface area is 265 Å². The van der Waals surface area contributed by atoms with E-state index in [0.29, 0.717) is 53.2 Å². The van der Waals surface area contributed by atoms with Gasteiger partial charge in [0.2, 0.25) is 0 Å². The molecule has 4 aromatic carbocycles. The summed E-state index contributed by atoms with van der Waals surface area (Å²) in [4.78, 5) is 35.5. The van der Waals surface area contributed by atoms with E-state index in [1.165, 1.54) is 5.56 Å². The lowest BCUT2D eigenvalue weighted by atomic mass is 10.0. The third-order valence-electron chi connectivity index (χ3n) is 8.42. The Morgan fingerprint density at radius 1 is 0.800 bits per heavy atom. The zero-order valence-corrected chi connectivity index (χ0v) is 26.7. The molecule has 5 aromatic rings. The monoisotopic (exact) mass is 603 g/mol. The number of methoxy groups -OCH3 is 2. The summed E-state index contributed by atoms with van der Waals surface area (Å²) in [5, 5.41) is 0.536. The molecular weight excluding hydrogens is 562 g/mol. The number of carbonyl (C=O) groups is 1. The molecule has 1 unspecified atom stereocenters. The van der Waals surface area contributed by atoms with E-state index in [-0.39, 0.29) is 11.5 Å². The summed E-state index contributed by atoms with van der Waals surface area (Å²) < 4.78 is 12.7. The van der Waals surface area contributed by atoms with Crippen LogP contribution in [0.25, 0.3) is 16.6 Å². The summed E-state index contributed by atoms with van der Waals surface area (Å²) in [7, 11) is 3.22. The number of aromatic nitrogens is 2. The van der Waals surface area contributed by atoms with Crippen LogP contribution in [0.2, 0.25) is 0 Å². The van der Waals surface area contributed by atoms with Crippen LogP contribution in [0.1, 0.15) is 66.1 Å². The van der Waals surface area contributed by atoms with Gasteiger partial charge in [-0.3, -0.25) is 14.2 Å². The van der Waals surface area contributed by atoms with Gasteiger partial charge in [0.25, 0.3) is 11.5 Å². The van der Waals surface area contributed by atoms with Crippen LogP contribution >= 0.6 is 0 Å². The minimum absolute atomic E-state index is 0.111. The second-order valence-corrected chi connectivity index (χ2v) is 11.1. The summed E-state index contributed by atoms with van der Waals surface area (Å²) in [6, 6.07) is 28.5. The topological polar surface area (TPSA) is 73.7 Å². The van der Waals surface area contributed by atoms with Crippen molar-refractivity contribution >= 4 is 16.8 Å². The number of carbonyl (C=O) groups excluding carboxylic acids is 1. The highest BCUT2D eigenvalue weighted by atomic mass is 16.5. The number of para-hydroxylation sites is 1. The number of nitrogens with zero attached hydrogens (tertiary/aromatic N) is 3. The van der Waals surface area contributed by atoms with Crippen LogP contribution < -0.4 is 15.0 Å². The smallest absolute Gasteiger partial charge is 0.266 e. The van der Waals surface area contributed by atoms with E-state index < -0.39 is 6.04 Å². The maximum absolute atomic E-state index is 14.4. The molecule has 1 amide bonds. The van der Waals surface area contributed by atoms with Crippen molar-refractivity contribution in [2.45, 2.75) is 52.5 Å². The number of hydrogen-bond donors (Lipinski definition) is 0. The van der Waals surface area contributed by atoms with Crippen LogP contribution in [0.4, 0.5) is 0 Å². The fourth-order valence-corrected chi connectivity index (χ4v) is 5.78. The van der Waals surface area contributed by atoms with Crippen molar-refractivity contribution in [3.63, 3.8) is 0 Å². The van der Waals surface area contributed by atoms with Crippen LogP contribution in [0.5, 0.6) is 11.5 Å². The first-order chi connectivity index (χ1) is 21.9. The standard InChI is InChI=1S/C38H41N3O4/c1-6-26-13-18-29(19-14-26)37(42)40(24-23-28-17-22-34(44-4)35(25-28)45-5)33(8-3)36-39-32-12-10-9-11-31(32)38(43)41(36)30-20-15-27(7-2)16-21-30/h9-22,25,33H,6-8,23-24H2,1-5H3. The van der Waals surface area contributed by atoms with E-state index in [2.05, 4.69) is 13.8 Å². The molecule has 0 N–H and O–H groups in total. The van der Waals surface area contributed by atoms with E-state index in [4.69, 9.17) is 14.5 Å². The first kappa shape index (κ1) is 31.5. The maximum atomic E-state index is 14.4. The Bertz CT molecular complexity index is 1830. The van der Waals surface area contributed by atoms with E-state index in [1.807, 2.05) is 103 Å². The van der Waals surface area contributed by atoms with Gasteiger partial charge in [-0.15, -0.1) is 0 Å². The average molecular weight is 604 g/mol. The van der Waals surface area contributed by atoms with Crippen LogP contribution in [0.15, 0.2) is 95.8 Å². The number of fused-ring (bicyclic) bond motifs is 1. The highest BCUT2D eigenvalue weighted by Gasteiger charge is 2.30. The molecule has 0 saturated heterocycles. The van der Waals surface area contributed by atoms with Gasteiger partial charge >= 0.3 is 0 Å². The zero-order chi connectivity index (χ0) is 31.9. The highest BCUT2D eigenvalue weighted by Crippen LogP contribution is 2.30. The summed E-state index contributed by atoms with van der Waals surface area (Å²) in [5.74, 6) is 1.71. The Morgan fingerprint density at radius 2 is 1.42 bits per heavy atom. The Balaban J connectivity index is 1.65.